The number of carbonyl (C=O) groups is 3. The van der Waals surface area contributed by atoms with Crippen LogP contribution in [0.3, 0.4) is 0 Å². The lowest BCUT2D eigenvalue weighted by atomic mass is 9.43. The second kappa shape index (κ2) is 14.3. The van der Waals surface area contributed by atoms with Crippen LogP contribution in [0.25, 0.3) is 0 Å². The monoisotopic (exact) mass is 666 g/mol. The molecule has 4 amide bonds. The number of nitrogens with one attached hydrogen (secondary N) is 4. The summed E-state index contributed by atoms with van der Waals surface area (Å²) in [6.07, 6.45) is 2.64. The van der Waals surface area contributed by atoms with Gasteiger partial charge in [0, 0.05) is 17.8 Å². The van der Waals surface area contributed by atoms with Crippen molar-refractivity contribution in [3.05, 3.63) is 90.5 Å². The van der Waals surface area contributed by atoms with E-state index in [2.05, 4.69) is 55.9 Å². The first-order valence-corrected chi connectivity index (χ1v) is 17.3. The summed E-state index contributed by atoms with van der Waals surface area (Å²) in [7, 11) is -0.626. The summed E-state index contributed by atoms with van der Waals surface area (Å²) >= 11 is 0. The summed E-state index contributed by atoms with van der Waals surface area (Å²) in [6.45, 7) is 10.8. The van der Waals surface area contributed by atoms with E-state index >= 15 is 0 Å². The molecule has 2 bridgehead atoms. The van der Waals surface area contributed by atoms with Gasteiger partial charge in [-0.15, -0.1) is 0 Å². The van der Waals surface area contributed by atoms with Gasteiger partial charge in [0.2, 0.25) is 5.91 Å². The van der Waals surface area contributed by atoms with E-state index in [4.69, 9.17) is 14.0 Å². The van der Waals surface area contributed by atoms with Crippen molar-refractivity contribution in [1.82, 2.24) is 16.0 Å². The smallest absolute Gasteiger partial charge is 0.457 e. The number of ether oxygens (including phenoxy) is 1. The number of urea groups is 1. The maximum atomic E-state index is 14.0. The largest absolute Gasteiger partial charge is 0.481 e. The molecule has 258 valence electrons. The van der Waals surface area contributed by atoms with Gasteiger partial charge >= 0.3 is 13.1 Å². The number of rotatable bonds is 12. The topological polar surface area (TPSA) is 127 Å². The number of carbonyl (C=O) groups excluding carboxylic acids is 3. The highest BCUT2D eigenvalue weighted by Crippen LogP contribution is 2.65. The number of hydrogen-bond donors (Lipinski definition) is 4. The van der Waals surface area contributed by atoms with Gasteiger partial charge in [-0.1, -0.05) is 64.1 Å². The van der Waals surface area contributed by atoms with Crippen molar-refractivity contribution in [1.29, 1.82) is 0 Å². The number of benzene rings is 3. The maximum absolute atomic E-state index is 14.0. The van der Waals surface area contributed by atoms with Crippen molar-refractivity contribution >= 4 is 30.7 Å². The minimum atomic E-state index is -1.09. The Morgan fingerprint density at radius 3 is 2.18 bits per heavy atom. The van der Waals surface area contributed by atoms with E-state index < -0.39 is 42.5 Å². The van der Waals surface area contributed by atoms with E-state index in [0.29, 0.717) is 41.0 Å². The van der Waals surface area contributed by atoms with Crippen molar-refractivity contribution < 1.29 is 28.4 Å². The van der Waals surface area contributed by atoms with Crippen molar-refractivity contribution in [3.8, 4) is 11.5 Å². The predicted molar refractivity (Wildman–Crippen MR) is 189 cm³/mol. The zero-order valence-corrected chi connectivity index (χ0v) is 28.9. The van der Waals surface area contributed by atoms with Crippen molar-refractivity contribution in [2.24, 2.45) is 23.2 Å². The van der Waals surface area contributed by atoms with Crippen LogP contribution >= 0.6 is 0 Å². The molecule has 1 aliphatic heterocycles. The van der Waals surface area contributed by atoms with Gasteiger partial charge in [-0.2, -0.15) is 0 Å². The Morgan fingerprint density at radius 1 is 0.878 bits per heavy atom. The SMILES string of the molecule is CC(C)C[C@H](NC(=O)[C@H](CNC(=O)Nc1ccccc1)NC(=O)c1ccc(Oc2ccccc2)cc1)B1O[C@@H]2C[C@@H]3C[C@@H](C3(C)C)[C@]2(C)O1. The van der Waals surface area contributed by atoms with Crippen molar-refractivity contribution in [2.45, 2.75) is 77.6 Å². The zero-order valence-electron chi connectivity index (χ0n) is 28.9. The Morgan fingerprint density at radius 2 is 1.53 bits per heavy atom. The van der Waals surface area contributed by atoms with E-state index in [-0.39, 0.29) is 24.0 Å². The van der Waals surface area contributed by atoms with Crippen molar-refractivity contribution in [2.75, 3.05) is 11.9 Å². The first-order chi connectivity index (χ1) is 23.4. The molecule has 1 heterocycles. The molecule has 7 rings (SSSR count). The quantitative estimate of drug-likeness (QED) is 0.171. The van der Waals surface area contributed by atoms with Crippen molar-refractivity contribution in [3.63, 3.8) is 0 Å². The number of para-hydroxylation sites is 2. The lowest BCUT2D eigenvalue weighted by Crippen LogP contribution is -2.65. The van der Waals surface area contributed by atoms with Gasteiger partial charge in [-0.05, 0) is 97.9 Å². The molecule has 4 aliphatic rings. The molecule has 3 aromatic carbocycles. The van der Waals surface area contributed by atoms with Crippen LogP contribution in [-0.2, 0) is 14.1 Å². The normalized spacial score (nSPS) is 24.5. The first-order valence-electron chi connectivity index (χ1n) is 17.3. The van der Waals surface area contributed by atoms with E-state index in [0.717, 1.165) is 12.8 Å². The molecule has 49 heavy (non-hydrogen) atoms. The van der Waals surface area contributed by atoms with Crippen LogP contribution in [0.4, 0.5) is 10.5 Å². The van der Waals surface area contributed by atoms with Crippen LogP contribution in [0.15, 0.2) is 84.9 Å². The predicted octanol–water partition coefficient (Wildman–Crippen LogP) is 6.20. The molecule has 3 saturated carbocycles. The van der Waals surface area contributed by atoms with Crippen LogP contribution in [0.2, 0.25) is 0 Å². The lowest BCUT2D eigenvalue weighted by Gasteiger charge is -2.64. The molecule has 3 aromatic rings. The molecule has 0 radical (unpaired) electrons. The summed E-state index contributed by atoms with van der Waals surface area (Å²) in [4.78, 5) is 40.3. The summed E-state index contributed by atoms with van der Waals surface area (Å²) < 4.78 is 19.2. The molecular weight excluding hydrogens is 619 g/mol. The fourth-order valence-corrected chi connectivity index (χ4v) is 7.74. The van der Waals surface area contributed by atoms with Gasteiger partial charge in [-0.25, -0.2) is 4.79 Å². The summed E-state index contributed by atoms with van der Waals surface area (Å²) in [5.41, 5.74) is 0.704. The lowest BCUT2D eigenvalue weighted by molar-refractivity contribution is -0.199. The highest BCUT2D eigenvalue weighted by atomic mass is 16.7. The minimum absolute atomic E-state index is 0.0338. The van der Waals surface area contributed by atoms with Gasteiger partial charge in [0.25, 0.3) is 5.91 Å². The summed E-state index contributed by atoms with van der Waals surface area (Å²) in [6, 6.07) is 23.4. The number of amides is 4. The Labute approximate surface area is 289 Å². The van der Waals surface area contributed by atoms with Gasteiger partial charge in [-0.3, -0.25) is 9.59 Å². The molecule has 10 nitrogen and oxygen atoms in total. The Hall–Kier alpha value is -4.35. The fourth-order valence-electron chi connectivity index (χ4n) is 7.74. The van der Waals surface area contributed by atoms with Crippen LogP contribution < -0.4 is 26.0 Å². The Bertz CT molecular complexity index is 1620. The third-order valence-electron chi connectivity index (χ3n) is 10.6. The molecule has 4 fully saturated rings. The molecule has 0 unspecified atom stereocenters. The summed E-state index contributed by atoms with van der Waals surface area (Å²) in [5.74, 6) is 1.09. The second-order valence-electron chi connectivity index (χ2n) is 14.7. The third-order valence-corrected chi connectivity index (χ3v) is 10.6. The number of anilines is 1. The van der Waals surface area contributed by atoms with E-state index in [9.17, 15) is 14.4 Å². The molecule has 11 heteroatoms. The first kappa shape index (κ1) is 34.5. The van der Waals surface area contributed by atoms with Gasteiger partial charge in [0.1, 0.15) is 17.5 Å². The Balaban J connectivity index is 1.15. The molecule has 1 saturated heterocycles. The molecule has 0 spiro atoms. The fraction of sp³-hybridized carbons (Fsp3) is 0.447. The van der Waals surface area contributed by atoms with Crippen LogP contribution in [-0.4, -0.2) is 55.2 Å². The van der Waals surface area contributed by atoms with Gasteiger partial charge in [0.05, 0.1) is 17.6 Å². The van der Waals surface area contributed by atoms with E-state index in [1.54, 1.807) is 36.4 Å². The molecule has 3 aliphatic carbocycles. The minimum Gasteiger partial charge on any atom is -0.457 e. The average Bonchev–Trinajstić information content (AvgIpc) is 3.44. The molecule has 0 aromatic heterocycles. The summed E-state index contributed by atoms with van der Waals surface area (Å²) in [5, 5.41) is 11.5. The highest BCUT2D eigenvalue weighted by Gasteiger charge is 2.68. The Kier molecular flexibility index (Phi) is 10.0. The molecule has 6 atom stereocenters. The highest BCUT2D eigenvalue weighted by molar-refractivity contribution is 6.48. The molecular formula is C38H47BN4O6. The number of hydrogen-bond acceptors (Lipinski definition) is 6. The van der Waals surface area contributed by atoms with Gasteiger partial charge in [0.15, 0.2) is 0 Å². The standard InChI is InChI=1S/C38H47BN4O6/c1-24(2)20-33(39-48-32-22-26-21-31(37(26,3)4)38(32,5)49-39)43-35(45)30(23-40-36(46)41-27-12-8-6-9-13-27)42-34(44)25-16-18-29(19-17-25)47-28-14-10-7-11-15-28/h6-19,24,26,30-33H,20-23H2,1-5H3,(H,42,44)(H,43,45)(H2,40,41,46)/t26-,30-,31-,32+,33-,38-/m0/s1. The second-order valence-corrected chi connectivity index (χ2v) is 14.7. The van der Waals surface area contributed by atoms with Gasteiger partial charge < -0.3 is 35.3 Å². The maximum Gasteiger partial charge on any atom is 0.481 e. The third kappa shape index (κ3) is 7.63. The van der Waals surface area contributed by atoms with Crippen LogP contribution in [0, 0.1) is 23.2 Å². The van der Waals surface area contributed by atoms with Crippen LogP contribution in [0.5, 0.6) is 11.5 Å². The van der Waals surface area contributed by atoms with E-state index in [1.165, 1.54) is 0 Å². The van der Waals surface area contributed by atoms with Crippen LogP contribution in [0.1, 0.15) is 64.2 Å². The molecule has 4 N–H and O–H groups in total. The average molecular weight is 667 g/mol. The van der Waals surface area contributed by atoms with E-state index in [1.807, 2.05) is 48.5 Å². The zero-order chi connectivity index (χ0) is 34.8.